The van der Waals surface area contributed by atoms with Crippen LogP contribution in [0, 0.1) is 5.92 Å². The van der Waals surface area contributed by atoms with Gasteiger partial charge in [0.15, 0.2) is 0 Å². The summed E-state index contributed by atoms with van der Waals surface area (Å²) in [4.78, 5) is 16.5. The Balaban J connectivity index is 1.12. The van der Waals surface area contributed by atoms with Gasteiger partial charge in [0.2, 0.25) is 5.79 Å². The highest BCUT2D eigenvalue weighted by Gasteiger charge is 2.52. The third kappa shape index (κ3) is 4.98. The molecule has 1 aromatic carbocycles. The molecular weight excluding hydrogens is 450 g/mol. The molecule has 7 heteroatoms. The van der Waals surface area contributed by atoms with Gasteiger partial charge in [-0.25, -0.2) is 9.78 Å². The lowest BCUT2D eigenvalue weighted by Crippen LogP contribution is -2.59. The molecule has 34 heavy (non-hydrogen) atoms. The lowest BCUT2D eigenvalue weighted by atomic mass is 9.80. The molecule has 0 amide bonds. The number of aromatic nitrogens is 1. The maximum absolute atomic E-state index is 6.60. The zero-order valence-corrected chi connectivity index (χ0v) is 21.2. The van der Waals surface area contributed by atoms with Crippen LogP contribution in [0.15, 0.2) is 42.1 Å². The molecule has 3 aliphatic rings. The minimum Gasteiger partial charge on any atom is -0.382 e. The minimum absolute atomic E-state index is 0.0396. The molecule has 0 bridgehead atoms. The summed E-state index contributed by atoms with van der Waals surface area (Å²) in [5, 5.41) is 8.93. The fourth-order valence-electron chi connectivity index (χ4n) is 5.37. The molecule has 1 aromatic heterocycles. The van der Waals surface area contributed by atoms with Gasteiger partial charge >= 0.3 is 0 Å². The number of allylic oxidation sites excluding steroid dienone is 1. The molecule has 1 spiro atoms. The van der Waals surface area contributed by atoms with Crippen molar-refractivity contribution >= 4 is 28.2 Å². The topological polar surface area (TPSA) is 64.6 Å². The monoisotopic (exact) mass is 485 g/mol. The maximum Gasteiger partial charge on any atom is 0.202 e. The van der Waals surface area contributed by atoms with Crippen molar-refractivity contribution in [2.24, 2.45) is 5.92 Å². The number of anilines is 1. The third-order valence-electron chi connectivity index (χ3n) is 7.64. The molecule has 184 valence electrons. The molecule has 2 atom stereocenters. The summed E-state index contributed by atoms with van der Waals surface area (Å²) in [6.45, 7) is 8.27. The molecule has 2 heterocycles. The molecule has 2 aromatic rings. The first-order chi connectivity index (χ1) is 16.4. The van der Waals surface area contributed by atoms with E-state index in [9.17, 15) is 0 Å². The van der Waals surface area contributed by atoms with Gasteiger partial charge in [0.25, 0.3) is 0 Å². The predicted molar refractivity (Wildman–Crippen MR) is 136 cm³/mol. The summed E-state index contributed by atoms with van der Waals surface area (Å²) in [7, 11) is 0. The van der Waals surface area contributed by atoms with E-state index in [1.165, 1.54) is 5.57 Å². The van der Waals surface area contributed by atoms with Crippen LogP contribution in [0.25, 0.3) is 10.9 Å². The Bertz CT molecular complexity index is 1050. The van der Waals surface area contributed by atoms with Gasteiger partial charge in [0.05, 0.1) is 11.2 Å². The Hall–Kier alpha value is -1.70. The van der Waals surface area contributed by atoms with Gasteiger partial charge in [-0.15, -0.1) is 0 Å². The number of benzene rings is 1. The van der Waals surface area contributed by atoms with Crippen molar-refractivity contribution in [1.82, 2.24) is 10.3 Å². The van der Waals surface area contributed by atoms with E-state index in [-0.39, 0.29) is 11.7 Å². The molecule has 6 nitrogen and oxygen atoms in total. The van der Waals surface area contributed by atoms with E-state index in [4.69, 9.17) is 26.1 Å². The molecule has 1 saturated heterocycles. The SMILES string of the molecule is CC(C)C1=C[C@H]2OC3(CCC(NCCNc4cc(Cl)cc5cccnc45)CC3)OO[C@@]2(C)CC1. The Labute approximate surface area is 207 Å². The van der Waals surface area contributed by atoms with E-state index < -0.39 is 5.79 Å². The van der Waals surface area contributed by atoms with Crippen LogP contribution in [0.3, 0.4) is 0 Å². The van der Waals surface area contributed by atoms with Crippen LogP contribution in [0.2, 0.25) is 5.02 Å². The lowest BCUT2D eigenvalue weighted by Gasteiger charge is -2.51. The third-order valence-corrected chi connectivity index (χ3v) is 7.85. The van der Waals surface area contributed by atoms with Crippen LogP contribution >= 0.6 is 11.6 Å². The summed E-state index contributed by atoms with van der Waals surface area (Å²) in [6.07, 6.45) is 9.70. The zero-order valence-electron chi connectivity index (χ0n) is 20.4. The van der Waals surface area contributed by atoms with E-state index >= 15 is 0 Å². The second-order valence-electron chi connectivity index (χ2n) is 10.5. The van der Waals surface area contributed by atoms with E-state index in [0.717, 1.165) is 68.2 Å². The van der Waals surface area contributed by atoms with Gasteiger partial charge in [-0.2, -0.15) is 0 Å². The van der Waals surface area contributed by atoms with Crippen molar-refractivity contribution in [3.63, 3.8) is 0 Å². The highest BCUT2D eigenvalue weighted by Crippen LogP contribution is 2.46. The zero-order chi connectivity index (χ0) is 23.8. The minimum atomic E-state index is -0.623. The number of halogens is 1. The predicted octanol–water partition coefficient (Wildman–Crippen LogP) is 6.01. The molecule has 0 unspecified atom stereocenters. The van der Waals surface area contributed by atoms with Crippen LogP contribution in [0.4, 0.5) is 5.69 Å². The van der Waals surface area contributed by atoms with E-state index in [2.05, 4.69) is 42.5 Å². The number of fused-ring (bicyclic) bond motifs is 2. The Morgan fingerprint density at radius 1 is 1.15 bits per heavy atom. The first-order valence-corrected chi connectivity index (χ1v) is 13.0. The molecule has 2 fully saturated rings. The quantitative estimate of drug-likeness (QED) is 0.297. The summed E-state index contributed by atoms with van der Waals surface area (Å²) in [6, 6.07) is 8.29. The van der Waals surface area contributed by atoms with Crippen LogP contribution in [-0.2, 0) is 14.5 Å². The van der Waals surface area contributed by atoms with Crippen LogP contribution in [0.1, 0.15) is 59.3 Å². The second kappa shape index (κ2) is 9.75. The second-order valence-corrected chi connectivity index (χ2v) is 10.9. The van der Waals surface area contributed by atoms with Crippen molar-refractivity contribution in [3.05, 3.63) is 47.1 Å². The Morgan fingerprint density at radius 3 is 2.76 bits per heavy atom. The summed E-state index contributed by atoms with van der Waals surface area (Å²) in [5.41, 5.74) is 3.00. The number of nitrogens with zero attached hydrogens (tertiary/aromatic N) is 1. The van der Waals surface area contributed by atoms with Gasteiger partial charge in [-0.05, 0) is 56.7 Å². The maximum atomic E-state index is 6.60. The van der Waals surface area contributed by atoms with E-state index in [1.807, 2.05) is 30.5 Å². The number of hydrogen-bond donors (Lipinski definition) is 2. The Kier molecular flexibility index (Phi) is 6.88. The fraction of sp³-hybridized carbons (Fsp3) is 0.593. The summed E-state index contributed by atoms with van der Waals surface area (Å²) >= 11 is 6.28. The Morgan fingerprint density at radius 2 is 1.97 bits per heavy atom. The van der Waals surface area contributed by atoms with Gasteiger partial charge < -0.3 is 15.4 Å². The molecule has 1 aliphatic heterocycles. The van der Waals surface area contributed by atoms with Crippen LogP contribution in [0.5, 0.6) is 0 Å². The lowest BCUT2D eigenvalue weighted by molar-refractivity contribution is -0.527. The highest BCUT2D eigenvalue weighted by molar-refractivity contribution is 6.31. The average Bonchev–Trinajstić information content (AvgIpc) is 2.83. The van der Waals surface area contributed by atoms with Gasteiger partial charge in [-0.3, -0.25) is 4.98 Å². The largest absolute Gasteiger partial charge is 0.382 e. The number of ether oxygens (including phenoxy) is 1. The number of pyridine rings is 1. The number of nitrogens with one attached hydrogen (secondary N) is 2. The summed E-state index contributed by atoms with van der Waals surface area (Å²) in [5.74, 6) is -0.0804. The summed E-state index contributed by atoms with van der Waals surface area (Å²) < 4.78 is 6.60. The molecule has 2 aliphatic carbocycles. The molecule has 2 N–H and O–H groups in total. The normalized spacial score (nSPS) is 31.5. The van der Waals surface area contributed by atoms with E-state index in [0.29, 0.717) is 17.0 Å². The van der Waals surface area contributed by atoms with Crippen molar-refractivity contribution in [1.29, 1.82) is 0 Å². The van der Waals surface area contributed by atoms with Crippen LogP contribution < -0.4 is 10.6 Å². The van der Waals surface area contributed by atoms with Gasteiger partial charge in [0, 0.05) is 48.6 Å². The molecule has 1 saturated carbocycles. The van der Waals surface area contributed by atoms with Gasteiger partial charge in [0.1, 0.15) is 11.7 Å². The smallest absolute Gasteiger partial charge is 0.202 e. The van der Waals surface area contributed by atoms with Crippen LogP contribution in [-0.4, -0.2) is 41.6 Å². The number of hydrogen-bond acceptors (Lipinski definition) is 6. The van der Waals surface area contributed by atoms with Crippen molar-refractivity contribution in [2.75, 3.05) is 18.4 Å². The average molecular weight is 486 g/mol. The first kappa shape index (κ1) is 24.0. The molecular formula is C27H36ClN3O3. The fourth-order valence-corrected chi connectivity index (χ4v) is 5.59. The highest BCUT2D eigenvalue weighted by atomic mass is 35.5. The number of rotatable bonds is 6. The first-order valence-electron chi connectivity index (χ1n) is 12.6. The van der Waals surface area contributed by atoms with Crippen molar-refractivity contribution in [3.8, 4) is 0 Å². The molecule has 0 radical (unpaired) electrons. The van der Waals surface area contributed by atoms with Gasteiger partial charge in [-0.1, -0.05) is 43.2 Å². The molecule has 5 rings (SSSR count). The van der Waals surface area contributed by atoms with Crippen molar-refractivity contribution in [2.45, 2.75) is 82.8 Å². The van der Waals surface area contributed by atoms with Crippen molar-refractivity contribution < 1.29 is 14.5 Å². The standard InChI is InChI=1S/C27H36ClN3O3/c1-18(2)19-6-9-26(3)24(16-19)32-27(34-33-26)10-7-22(8-11-27)29-13-14-30-23-17-21(28)15-20-5-4-12-31-25(20)23/h4-5,12,15-18,22,24,29-30H,6-11,13-14H2,1-3H3/t22?,24-,26+,27?/m1/s1. The van der Waals surface area contributed by atoms with E-state index in [1.54, 1.807) is 0 Å².